The second-order valence-corrected chi connectivity index (χ2v) is 8.29. The smallest absolute Gasteiger partial charge is 0.225 e. The van der Waals surface area contributed by atoms with E-state index in [9.17, 15) is 8.42 Å². The van der Waals surface area contributed by atoms with Gasteiger partial charge in [-0.3, -0.25) is 0 Å². The predicted octanol–water partition coefficient (Wildman–Crippen LogP) is 2.19. The van der Waals surface area contributed by atoms with Crippen molar-refractivity contribution in [2.45, 2.75) is 30.6 Å². The highest BCUT2D eigenvalue weighted by molar-refractivity contribution is 7.89. The molecule has 1 aromatic heterocycles. The zero-order valence-electron chi connectivity index (χ0n) is 11.4. The van der Waals surface area contributed by atoms with Gasteiger partial charge >= 0.3 is 0 Å². The van der Waals surface area contributed by atoms with Gasteiger partial charge in [-0.25, -0.2) is 22.7 Å². The third-order valence-electron chi connectivity index (χ3n) is 4.68. The second-order valence-electron chi connectivity index (χ2n) is 5.91. The Morgan fingerprint density at radius 3 is 2.55 bits per heavy atom. The molecule has 3 atom stereocenters. The Hall–Kier alpha value is -0.720. The highest BCUT2D eigenvalue weighted by Gasteiger charge is 2.40. The maximum Gasteiger partial charge on any atom is 0.245 e. The number of sulfonamides is 1. The van der Waals surface area contributed by atoms with E-state index in [1.807, 2.05) is 0 Å². The van der Waals surface area contributed by atoms with Crippen LogP contribution < -0.4 is 0 Å². The lowest BCUT2D eigenvalue weighted by Crippen LogP contribution is -2.33. The Morgan fingerprint density at radius 1 is 1.30 bits per heavy atom. The quantitative estimate of drug-likeness (QED) is 0.799. The molecule has 1 heterocycles. The van der Waals surface area contributed by atoms with Crippen molar-refractivity contribution in [2.75, 3.05) is 13.6 Å². The van der Waals surface area contributed by atoms with E-state index >= 15 is 0 Å². The Bertz CT molecular complexity index is 590. The SMILES string of the molecule is CN(CC1CC2CCC1C2)S(=O)(=O)c1cnc(Cl)nc1. The summed E-state index contributed by atoms with van der Waals surface area (Å²) in [6.07, 6.45) is 7.56. The van der Waals surface area contributed by atoms with Gasteiger partial charge in [0, 0.05) is 13.6 Å². The summed E-state index contributed by atoms with van der Waals surface area (Å²) < 4.78 is 26.3. The summed E-state index contributed by atoms with van der Waals surface area (Å²) in [5.41, 5.74) is 0. The van der Waals surface area contributed by atoms with Crippen LogP contribution in [0.3, 0.4) is 0 Å². The number of aromatic nitrogens is 2. The normalized spacial score (nSPS) is 29.2. The van der Waals surface area contributed by atoms with E-state index in [1.54, 1.807) is 7.05 Å². The van der Waals surface area contributed by atoms with Gasteiger partial charge in [0.25, 0.3) is 0 Å². The Balaban J connectivity index is 1.72. The van der Waals surface area contributed by atoms with Crippen LogP contribution in [0.25, 0.3) is 0 Å². The van der Waals surface area contributed by atoms with Crippen molar-refractivity contribution < 1.29 is 8.42 Å². The maximum absolute atomic E-state index is 12.4. The van der Waals surface area contributed by atoms with Crippen molar-refractivity contribution in [2.24, 2.45) is 17.8 Å². The van der Waals surface area contributed by atoms with Gasteiger partial charge in [-0.05, 0) is 48.6 Å². The van der Waals surface area contributed by atoms with Gasteiger partial charge in [-0.15, -0.1) is 0 Å². The lowest BCUT2D eigenvalue weighted by molar-refractivity contribution is 0.280. The van der Waals surface area contributed by atoms with Crippen molar-refractivity contribution in [1.29, 1.82) is 0 Å². The molecule has 0 aliphatic heterocycles. The highest BCUT2D eigenvalue weighted by atomic mass is 35.5. The van der Waals surface area contributed by atoms with Gasteiger partial charge in [0.15, 0.2) is 0 Å². The molecular weight excluding hydrogens is 298 g/mol. The highest BCUT2D eigenvalue weighted by Crippen LogP contribution is 2.48. The molecule has 0 saturated heterocycles. The fourth-order valence-corrected chi connectivity index (χ4v) is 4.86. The van der Waals surface area contributed by atoms with E-state index in [2.05, 4.69) is 9.97 Å². The van der Waals surface area contributed by atoms with Crippen molar-refractivity contribution in [1.82, 2.24) is 14.3 Å². The fraction of sp³-hybridized carbons (Fsp3) is 0.692. The average Bonchev–Trinajstić information content (AvgIpc) is 3.01. The van der Waals surface area contributed by atoms with Gasteiger partial charge in [0.2, 0.25) is 15.3 Å². The first-order chi connectivity index (χ1) is 9.46. The minimum atomic E-state index is -3.51. The zero-order valence-corrected chi connectivity index (χ0v) is 12.9. The van der Waals surface area contributed by atoms with Gasteiger partial charge < -0.3 is 0 Å². The topological polar surface area (TPSA) is 63.2 Å². The summed E-state index contributed by atoms with van der Waals surface area (Å²) in [4.78, 5) is 7.60. The molecule has 1 aromatic rings. The van der Waals surface area contributed by atoms with Crippen LogP contribution in [0, 0.1) is 17.8 Å². The van der Waals surface area contributed by atoms with Crippen LogP contribution in [0.15, 0.2) is 17.3 Å². The molecule has 0 aromatic carbocycles. The van der Waals surface area contributed by atoms with Crippen molar-refractivity contribution >= 4 is 21.6 Å². The van der Waals surface area contributed by atoms with Crippen LogP contribution in [-0.4, -0.2) is 36.3 Å². The van der Waals surface area contributed by atoms with E-state index in [1.165, 1.54) is 42.4 Å². The van der Waals surface area contributed by atoms with Gasteiger partial charge in [-0.1, -0.05) is 6.42 Å². The molecule has 2 aliphatic carbocycles. The summed E-state index contributed by atoms with van der Waals surface area (Å²) in [5.74, 6) is 2.03. The van der Waals surface area contributed by atoms with E-state index < -0.39 is 10.0 Å². The van der Waals surface area contributed by atoms with Gasteiger partial charge in [0.05, 0.1) is 12.4 Å². The number of fused-ring (bicyclic) bond motifs is 2. The van der Waals surface area contributed by atoms with E-state index in [-0.39, 0.29) is 10.2 Å². The van der Waals surface area contributed by atoms with E-state index in [4.69, 9.17) is 11.6 Å². The average molecular weight is 316 g/mol. The van der Waals surface area contributed by atoms with Crippen molar-refractivity contribution in [3.63, 3.8) is 0 Å². The summed E-state index contributed by atoms with van der Waals surface area (Å²) in [6, 6.07) is 0. The molecule has 3 unspecified atom stereocenters. The maximum atomic E-state index is 12.4. The van der Waals surface area contributed by atoms with Crippen LogP contribution in [0.5, 0.6) is 0 Å². The molecule has 3 rings (SSSR count). The first-order valence-corrected chi connectivity index (χ1v) is 8.72. The molecule has 7 heteroatoms. The van der Waals surface area contributed by atoms with Crippen LogP contribution >= 0.6 is 11.6 Å². The molecule has 0 spiro atoms. The van der Waals surface area contributed by atoms with Crippen LogP contribution in [0.2, 0.25) is 5.28 Å². The van der Waals surface area contributed by atoms with E-state index in [0.717, 1.165) is 5.92 Å². The van der Waals surface area contributed by atoms with Crippen LogP contribution in [0.1, 0.15) is 25.7 Å². The Kier molecular flexibility index (Phi) is 3.73. The van der Waals surface area contributed by atoms with Gasteiger partial charge in [0.1, 0.15) is 4.90 Å². The second kappa shape index (κ2) is 5.24. The summed E-state index contributed by atoms with van der Waals surface area (Å²) in [6.45, 7) is 0.589. The molecule has 2 fully saturated rings. The van der Waals surface area contributed by atoms with Crippen LogP contribution in [0.4, 0.5) is 0 Å². The number of nitrogens with zero attached hydrogens (tertiary/aromatic N) is 3. The molecule has 0 amide bonds. The molecule has 2 aliphatic rings. The fourth-order valence-electron chi connectivity index (χ4n) is 3.64. The number of halogens is 1. The molecule has 20 heavy (non-hydrogen) atoms. The Labute approximate surface area is 124 Å². The molecule has 2 saturated carbocycles. The number of rotatable bonds is 4. The third kappa shape index (κ3) is 2.56. The third-order valence-corrected chi connectivity index (χ3v) is 6.65. The monoisotopic (exact) mass is 315 g/mol. The minimum absolute atomic E-state index is 0.0553. The number of hydrogen-bond donors (Lipinski definition) is 0. The summed E-state index contributed by atoms with van der Waals surface area (Å²) in [5, 5.41) is 0.0553. The lowest BCUT2D eigenvalue weighted by Gasteiger charge is -2.26. The molecule has 0 N–H and O–H groups in total. The lowest BCUT2D eigenvalue weighted by atomic mass is 9.89. The minimum Gasteiger partial charge on any atom is -0.225 e. The van der Waals surface area contributed by atoms with Crippen molar-refractivity contribution in [3.05, 3.63) is 17.7 Å². The number of hydrogen-bond acceptors (Lipinski definition) is 4. The summed E-state index contributed by atoms with van der Waals surface area (Å²) >= 11 is 5.59. The molecule has 2 bridgehead atoms. The Morgan fingerprint density at radius 2 is 2.00 bits per heavy atom. The first-order valence-electron chi connectivity index (χ1n) is 6.90. The molecular formula is C13H18ClN3O2S. The first kappa shape index (κ1) is 14.2. The molecule has 5 nitrogen and oxygen atoms in total. The van der Waals surface area contributed by atoms with Crippen LogP contribution in [-0.2, 0) is 10.0 Å². The van der Waals surface area contributed by atoms with Crippen molar-refractivity contribution in [3.8, 4) is 0 Å². The van der Waals surface area contributed by atoms with Gasteiger partial charge in [-0.2, -0.15) is 0 Å². The zero-order chi connectivity index (χ0) is 14.3. The molecule has 110 valence electrons. The van der Waals surface area contributed by atoms with E-state index in [0.29, 0.717) is 18.4 Å². The summed E-state index contributed by atoms with van der Waals surface area (Å²) in [7, 11) is -1.88. The standard InChI is InChI=1S/C13H18ClN3O2S/c1-17(8-11-5-9-2-3-10(11)4-9)20(18,19)12-6-15-13(14)16-7-12/h6-7,9-11H,2-5,8H2,1H3. The largest absolute Gasteiger partial charge is 0.245 e. The molecule has 0 radical (unpaired) electrons. The predicted molar refractivity (Wildman–Crippen MR) is 75.8 cm³/mol.